The van der Waals surface area contributed by atoms with Gasteiger partial charge in [-0.05, 0) is 13.3 Å². The lowest BCUT2D eigenvalue weighted by molar-refractivity contribution is 0.900. The molecule has 1 aromatic rings. The maximum absolute atomic E-state index is 5.60. The molecule has 1 aromatic heterocycles. The van der Waals surface area contributed by atoms with Crippen LogP contribution in [0, 0.1) is 0 Å². The van der Waals surface area contributed by atoms with Crippen LogP contribution in [0.4, 0.5) is 0 Å². The van der Waals surface area contributed by atoms with Gasteiger partial charge in [0.25, 0.3) is 0 Å². The molecule has 0 fully saturated rings. The number of aliphatic imine (C=N–C) groups is 1. The zero-order chi connectivity index (χ0) is 11.1. The number of nitrogens with one attached hydrogen (secondary N) is 1. The average Bonchev–Trinajstić information content (AvgIpc) is 2.66. The molecule has 1 heterocycles. The van der Waals surface area contributed by atoms with Crippen LogP contribution >= 0.6 is 35.3 Å². The van der Waals surface area contributed by atoms with Gasteiger partial charge in [0.05, 0.1) is 5.01 Å². The van der Waals surface area contributed by atoms with E-state index in [0.717, 1.165) is 24.4 Å². The number of halogens is 1. The van der Waals surface area contributed by atoms with E-state index in [0.29, 0.717) is 12.5 Å². The van der Waals surface area contributed by atoms with Crippen LogP contribution in [0.25, 0.3) is 0 Å². The Morgan fingerprint density at radius 2 is 2.31 bits per heavy atom. The van der Waals surface area contributed by atoms with E-state index in [1.54, 1.807) is 11.3 Å². The molecule has 0 aliphatic rings. The Labute approximate surface area is 118 Å². The van der Waals surface area contributed by atoms with Gasteiger partial charge in [0.2, 0.25) is 0 Å². The van der Waals surface area contributed by atoms with Gasteiger partial charge >= 0.3 is 0 Å². The minimum atomic E-state index is 0. The minimum Gasteiger partial charge on any atom is -0.370 e. The predicted molar refractivity (Wildman–Crippen MR) is 80.8 cm³/mol. The van der Waals surface area contributed by atoms with Crippen molar-refractivity contribution in [1.82, 2.24) is 10.3 Å². The zero-order valence-electron chi connectivity index (χ0n) is 9.69. The van der Waals surface area contributed by atoms with Gasteiger partial charge in [-0.1, -0.05) is 6.92 Å². The van der Waals surface area contributed by atoms with Gasteiger partial charge in [-0.3, -0.25) is 4.99 Å². The third-order valence-corrected chi connectivity index (χ3v) is 3.12. The van der Waals surface area contributed by atoms with E-state index in [1.807, 2.05) is 13.1 Å². The van der Waals surface area contributed by atoms with Crippen LogP contribution < -0.4 is 11.1 Å². The second-order valence-corrected chi connectivity index (χ2v) is 4.32. The van der Waals surface area contributed by atoms with Crippen molar-refractivity contribution in [3.63, 3.8) is 0 Å². The van der Waals surface area contributed by atoms with Crippen LogP contribution in [0.2, 0.25) is 0 Å². The Morgan fingerprint density at radius 1 is 1.56 bits per heavy atom. The van der Waals surface area contributed by atoms with Crippen LogP contribution in [0.1, 0.15) is 23.7 Å². The fraction of sp³-hybridized carbons (Fsp3) is 0.600. The number of thiazole rings is 1. The first-order chi connectivity index (χ1) is 7.26. The number of rotatable bonds is 5. The van der Waals surface area contributed by atoms with E-state index in [2.05, 4.69) is 22.2 Å². The Hall–Kier alpha value is -0.370. The van der Waals surface area contributed by atoms with Crippen molar-refractivity contribution in [3.8, 4) is 0 Å². The fourth-order valence-electron chi connectivity index (χ4n) is 1.14. The number of aromatic nitrogens is 1. The highest BCUT2D eigenvalue weighted by Gasteiger charge is 1.99. The second-order valence-electron chi connectivity index (χ2n) is 3.12. The van der Waals surface area contributed by atoms with Crippen molar-refractivity contribution in [1.29, 1.82) is 0 Å². The van der Waals surface area contributed by atoms with Crippen molar-refractivity contribution in [2.45, 2.75) is 26.7 Å². The van der Waals surface area contributed by atoms with Crippen molar-refractivity contribution >= 4 is 41.3 Å². The summed E-state index contributed by atoms with van der Waals surface area (Å²) in [5.74, 6) is 0.518. The molecule has 0 atom stereocenters. The largest absolute Gasteiger partial charge is 0.370 e. The summed E-state index contributed by atoms with van der Waals surface area (Å²) in [5.41, 5.74) is 5.60. The third-order valence-electron chi connectivity index (χ3n) is 1.92. The maximum atomic E-state index is 5.60. The second kappa shape index (κ2) is 8.74. The van der Waals surface area contributed by atoms with E-state index < -0.39 is 0 Å². The molecule has 92 valence electrons. The highest BCUT2D eigenvalue weighted by atomic mass is 127. The molecule has 16 heavy (non-hydrogen) atoms. The smallest absolute Gasteiger partial charge is 0.188 e. The number of guanidine groups is 1. The Balaban J connectivity index is 0.00000225. The van der Waals surface area contributed by atoms with Crippen LogP contribution in [-0.2, 0) is 12.8 Å². The van der Waals surface area contributed by atoms with Gasteiger partial charge in [0.1, 0.15) is 0 Å². The Kier molecular flexibility index (Phi) is 8.54. The van der Waals surface area contributed by atoms with E-state index in [-0.39, 0.29) is 24.0 Å². The first-order valence-electron chi connectivity index (χ1n) is 5.23. The summed E-state index contributed by atoms with van der Waals surface area (Å²) < 4.78 is 0. The first kappa shape index (κ1) is 15.6. The normalized spacial score (nSPS) is 11.0. The minimum absolute atomic E-state index is 0. The number of nitrogens with two attached hydrogens (primary N) is 1. The van der Waals surface area contributed by atoms with Crippen molar-refractivity contribution in [3.05, 3.63) is 16.1 Å². The third kappa shape index (κ3) is 5.64. The number of nitrogens with zero attached hydrogens (tertiary/aromatic N) is 2. The SMILES string of the molecule is CCNC(N)=NCCc1ncc(CC)s1.I. The number of hydrogen-bond acceptors (Lipinski definition) is 3. The molecule has 0 aliphatic carbocycles. The molecule has 0 aliphatic heterocycles. The Bertz CT molecular complexity index is 324. The van der Waals surface area contributed by atoms with Crippen molar-refractivity contribution < 1.29 is 0 Å². The summed E-state index contributed by atoms with van der Waals surface area (Å²) in [7, 11) is 0. The van der Waals surface area contributed by atoms with Crippen LogP contribution in [0.3, 0.4) is 0 Å². The summed E-state index contributed by atoms with van der Waals surface area (Å²) >= 11 is 1.76. The topological polar surface area (TPSA) is 63.3 Å². The Morgan fingerprint density at radius 3 is 2.88 bits per heavy atom. The summed E-state index contributed by atoms with van der Waals surface area (Å²) in [5, 5.41) is 4.10. The highest BCUT2D eigenvalue weighted by molar-refractivity contribution is 14.0. The zero-order valence-corrected chi connectivity index (χ0v) is 12.8. The molecule has 0 aromatic carbocycles. The lowest BCUT2D eigenvalue weighted by Gasteiger charge is -2.00. The van der Waals surface area contributed by atoms with Crippen LogP contribution in [0.5, 0.6) is 0 Å². The van der Waals surface area contributed by atoms with E-state index in [9.17, 15) is 0 Å². The lowest BCUT2D eigenvalue weighted by atomic mass is 10.4. The molecule has 1 rings (SSSR count). The van der Waals surface area contributed by atoms with Crippen LogP contribution in [-0.4, -0.2) is 24.0 Å². The monoisotopic (exact) mass is 354 g/mol. The van der Waals surface area contributed by atoms with E-state index >= 15 is 0 Å². The summed E-state index contributed by atoms with van der Waals surface area (Å²) in [6.45, 7) is 5.65. The maximum Gasteiger partial charge on any atom is 0.188 e. The molecule has 0 amide bonds. The number of hydrogen-bond donors (Lipinski definition) is 2. The number of aryl methyl sites for hydroxylation is 1. The molecule has 0 unspecified atom stereocenters. The van der Waals surface area contributed by atoms with Gasteiger partial charge in [-0.2, -0.15) is 0 Å². The summed E-state index contributed by atoms with van der Waals surface area (Å²) in [6, 6.07) is 0. The van der Waals surface area contributed by atoms with Gasteiger partial charge < -0.3 is 11.1 Å². The van der Waals surface area contributed by atoms with Gasteiger partial charge in [0.15, 0.2) is 5.96 Å². The fourth-order valence-corrected chi connectivity index (χ4v) is 1.99. The molecular formula is C10H19IN4S. The predicted octanol–water partition coefficient (Wildman–Crippen LogP) is 1.79. The van der Waals surface area contributed by atoms with Gasteiger partial charge in [0, 0.05) is 30.6 Å². The molecule has 0 spiro atoms. The van der Waals surface area contributed by atoms with E-state index in [4.69, 9.17) is 5.73 Å². The lowest BCUT2D eigenvalue weighted by Crippen LogP contribution is -2.31. The van der Waals surface area contributed by atoms with Crippen molar-refractivity contribution in [2.24, 2.45) is 10.7 Å². The van der Waals surface area contributed by atoms with Crippen LogP contribution in [0.15, 0.2) is 11.2 Å². The molecular weight excluding hydrogens is 335 g/mol. The van der Waals surface area contributed by atoms with Gasteiger partial charge in [-0.15, -0.1) is 35.3 Å². The molecule has 4 nitrogen and oxygen atoms in total. The molecule has 0 saturated heterocycles. The van der Waals surface area contributed by atoms with Gasteiger partial charge in [-0.25, -0.2) is 4.98 Å². The molecule has 3 N–H and O–H groups in total. The molecule has 0 saturated carbocycles. The quantitative estimate of drug-likeness (QED) is 0.481. The first-order valence-corrected chi connectivity index (χ1v) is 6.05. The summed E-state index contributed by atoms with van der Waals surface area (Å²) in [6.07, 6.45) is 3.87. The van der Waals surface area contributed by atoms with Crippen molar-refractivity contribution in [2.75, 3.05) is 13.1 Å². The molecule has 6 heteroatoms. The average molecular weight is 354 g/mol. The van der Waals surface area contributed by atoms with E-state index in [1.165, 1.54) is 4.88 Å². The summed E-state index contributed by atoms with van der Waals surface area (Å²) in [4.78, 5) is 9.84. The standard InChI is InChI=1S/C10H18N4S.HI/c1-3-8-7-14-9(15-8)5-6-13-10(11)12-4-2;/h7H,3-6H2,1-2H3,(H3,11,12,13);1H. The molecule has 0 bridgehead atoms. The molecule has 0 radical (unpaired) electrons. The highest BCUT2D eigenvalue weighted by Crippen LogP contribution is 2.13.